The smallest absolute Gasteiger partial charge is 0.123 e. The Balaban J connectivity index is 1.62. The van der Waals surface area contributed by atoms with Crippen molar-refractivity contribution in [3.8, 4) is 5.75 Å². The highest BCUT2D eigenvalue weighted by Gasteiger charge is 2.14. The summed E-state index contributed by atoms with van der Waals surface area (Å²) in [5, 5.41) is 0. The van der Waals surface area contributed by atoms with Gasteiger partial charge in [-0.25, -0.2) is 4.39 Å². The average molecular weight is 406 g/mol. The number of aryl methyl sites for hydroxylation is 2. The van der Waals surface area contributed by atoms with E-state index in [1.54, 1.807) is 12.1 Å². The summed E-state index contributed by atoms with van der Waals surface area (Å²) in [7, 11) is 0. The van der Waals surface area contributed by atoms with Gasteiger partial charge in [0.25, 0.3) is 0 Å². The quantitative estimate of drug-likeness (QED) is 0.405. The zero-order chi connectivity index (χ0) is 21.5. The van der Waals surface area contributed by atoms with Crippen LogP contribution in [0.3, 0.4) is 0 Å². The summed E-state index contributed by atoms with van der Waals surface area (Å²) in [5.74, 6) is 0.936. The van der Waals surface area contributed by atoms with Gasteiger partial charge in [-0.15, -0.1) is 0 Å². The van der Waals surface area contributed by atoms with Crippen LogP contribution in [0.2, 0.25) is 0 Å². The van der Waals surface area contributed by atoms with Crippen LogP contribution in [0.5, 0.6) is 5.75 Å². The molecule has 0 fully saturated rings. The number of halogens is 1. The molecule has 0 aliphatic carbocycles. The van der Waals surface area contributed by atoms with Crippen molar-refractivity contribution in [2.24, 2.45) is 5.73 Å². The summed E-state index contributed by atoms with van der Waals surface area (Å²) < 4.78 is 19.8. The molecule has 3 aromatic carbocycles. The lowest BCUT2D eigenvalue weighted by atomic mass is 9.87. The predicted octanol–water partition coefficient (Wildman–Crippen LogP) is 6.65. The largest absolute Gasteiger partial charge is 0.494 e. The van der Waals surface area contributed by atoms with Crippen molar-refractivity contribution in [1.82, 2.24) is 0 Å². The molecule has 0 spiro atoms. The van der Waals surface area contributed by atoms with Gasteiger partial charge in [-0.1, -0.05) is 42.5 Å². The van der Waals surface area contributed by atoms with E-state index in [1.165, 1.54) is 22.8 Å². The molecule has 3 rings (SSSR count). The molecular weight excluding hydrogens is 373 g/mol. The molecule has 0 saturated carbocycles. The van der Waals surface area contributed by atoms with Gasteiger partial charge in [0.2, 0.25) is 0 Å². The lowest BCUT2D eigenvalue weighted by molar-refractivity contribution is 0.301. The number of hydrogen-bond acceptors (Lipinski definition) is 2. The zero-order valence-electron chi connectivity index (χ0n) is 18.2. The normalized spacial score (nSPS) is 13.1. The first-order valence-electron chi connectivity index (χ1n) is 10.7. The van der Waals surface area contributed by atoms with Gasteiger partial charge >= 0.3 is 0 Å². The van der Waals surface area contributed by atoms with E-state index in [1.807, 2.05) is 37.3 Å². The highest BCUT2D eigenvalue weighted by Crippen LogP contribution is 2.27. The van der Waals surface area contributed by atoms with Gasteiger partial charge in [0.05, 0.1) is 6.61 Å². The van der Waals surface area contributed by atoms with E-state index in [2.05, 4.69) is 32.0 Å². The second-order valence-corrected chi connectivity index (χ2v) is 8.22. The molecule has 0 aromatic heterocycles. The third-order valence-electron chi connectivity index (χ3n) is 5.75. The minimum Gasteiger partial charge on any atom is -0.494 e. The second kappa shape index (κ2) is 10.4. The molecule has 2 atom stereocenters. The molecule has 0 amide bonds. The Hall–Kier alpha value is -2.65. The molecule has 0 heterocycles. The highest BCUT2D eigenvalue weighted by molar-refractivity contribution is 5.32. The van der Waals surface area contributed by atoms with Crippen molar-refractivity contribution >= 4 is 0 Å². The number of hydrogen-bond donors (Lipinski definition) is 1. The number of benzene rings is 3. The van der Waals surface area contributed by atoms with Crippen molar-refractivity contribution in [3.05, 3.63) is 100 Å². The number of ether oxygens (including phenoxy) is 1. The minimum atomic E-state index is -0.178. The fraction of sp³-hybridized carbons (Fsp3) is 0.333. The van der Waals surface area contributed by atoms with Crippen LogP contribution in [0.15, 0.2) is 66.7 Å². The summed E-state index contributed by atoms with van der Waals surface area (Å²) in [6, 6.07) is 21.6. The maximum atomic E-state index is 13.8. The molecule has 30 heavy (non-hydrogen) atoms. The van der Waals surface area contributed by atoms with Gasteiger partial charge in [0.1, 0.15) is 11.6 Å². The lowest BCUT2D eigenvalue weighted by Crippen LogP contribution is -2.07. The maximum absolute atomic E-state index is 13.8. The van der Waals surface area contributed by atoms with Crippen molar-refractivity contribution < 1.29 is 9.13 Å². The molecule has 2 unspecified atom stereocenters. The average Bonchev–Trinajstić information content (AvgIpc) is 2.73. The summed E-state index contributed by atoms with van der Waals surface area (Å²) in [4.78, 5) is 0. The fourth-order valence-corrected chi connectivity index (χ4v) is 3.75. The van der Waals surface area contributed by atoms with Crippen molar-refractivity contribution in [3.63, 3.8) is 0 Å². The standard InChI is InChI=1S/C27H32FNO/c1-19-9-10-22(16-20(19)2)17-24(25-6-4-8-26(28)18-25)7-5-15-30-27-13-11-23(12-14-27)21(3)29/h4,6,8-14,16,18,21,24H,5,7,15,17,29H2,1-3H3. The monoisotopic (exact) mass is 405 g/mol. The van der Waals surface area contributed by atoms with E-state index >= 15 is 0 Å². The first-order chi connectivity index (χ1) is 14.4. The third-order valence-corrected chi connectivity index (χ3v) is 5.75. The van der Waals surface area contributed by atoms with Crippen LogP contribution in [0.4, 0.5) is 4.39 Å². The van der Waals surface area contributed by atoms with Gasteiger partial charge < -0.3 is 10.5 Å². The number of rotatable bonds is 9. The highest BCUT2D eigenvalue weighted by atomic mass is 19.1. The summed E-state index contributed by atoms with van der Waals surface area (Å²) in [5.41, 5.74) is 11.9. The third kappa shape index (κ3) is 6.17. The SMILES string of the molecule is Cc1ccc(CC(CCCOc2ccc(C(C)N)cc2)c2cccc(F)c2)cc1C. The molecule has 0 radical (unpaired) electrons. The summed E-state index contributed by atoms with van der Waals surface area (Å²) in [6.07, 6.45) is 2.74. The zero-order valence-corrected chi connectivity index (χ0v) is 18.2. The summed E-state index contributed by atoms with van der Waals surface area (Å²) in [6.45, 7) is 6.87. The van der Waals surface area contributed by atoms with E-state index in [4.69, 9.17) is 10.5 Å². The van der Waals surface area contributed by atoms with Crippen LogP contribution in [-0.4, -0.2) is 6.61 Å². The van der Waals surface area contributed by atoms with E-state index in [-0.39, 0.29) is 17.8 Å². The Labute approximate surface area is 179 Å². The first-order valence-corrected chi connectivity index (χ1v) is 10.7. The van der Waals surface area contributed by atoms with Crippen LogP contribution >= 0.6 is 0 Å². The van der Waals surface area contributed by atoms with Crippen LogP contribution in [0, 0.1) is 19.7 Å². The van der Waals surface area contributed by atoms with Crippen molar-refractivity contribution in [2.45, 2.75) is 52.0 Å². The molecular formula is C27H32FNO. The van der Waals surface area contributed by atoms with Crippen molar-refractivity contribution in [2.75, 3.05) is 6.61 Å². The Bertz CT molecular complexity index is 949. The van der Waals surface area contributed by atoms with Crippen LogP contribution < -0.4 is 10.5 Å². The topological polar surface area (TPSA) is 35.2 Å². The van der Waals surface area contributed by atoms with Gasteiger partial charge in [0.15, 0.2) is 0 Å². The van der Waals surface area contributed by atoms with Crippen LogP contribution in [0.25, 0.3) is 0 Å². The van der Waals surface area contributed by atoms with Crippen molar-refractivity contribution in [1.29, 1.82) is 0 Å². The van der Waals surface area contributed by atoms with Crippen LogP contribution in [0.1, 0.15) is 59.5 Å². The molecule has 2 N–H and O–H groups in total. The molecule has 0 saturated heterocycles. The Morgan fingerprint density at radius 1 is 0.900 bits per heavy atom. The Morgan fingerprint density at radius 2 is 1.67 bits per heavy atom. The second-order valence-electron chi connectivity index (χ2n) is 8.22. The molecule has 0 aliphatic heterocycles. The minimum absolute atomic E-state index is 0.0245. The predicted molar refractivity (Wildman–Crippen MR) is 123 cm³/mol. The fourth-order valence-electron chi connectivity index (χ4n) is 3.75. The van der Waals surface area contributed by atoms with Gasteiger partial charge in [-0.2, -0.15) is 0 Å². The van der Waals surface area contributed by atoms with Gasteiger partial charge in [-0.05, 0) is 98.0 Å². The first kappa shape index (κ1) is 22.0. The maximum Gasteiger partial charge on any atom is 0.123 e. The van der Waals surface area contributed by atoms with Gasteiger partial charge in [-0.3, -0.25) is 0 Å². The molecule has 158 valence electrons. The lowest BCUT2D eigenvalue weighted by Gasteiger charge is -2.19. The molecule has 2 nitrogen and oxygen atoms in total. The van der Waals surface area contributed by atoms with Crippen LogP contribution in [-0.2, 0) is 6.42 Å². The summed E-state index contributed by atoms with van der Waals surface area (Å²) >= 11 is 0. The molecule has 0 bridgehead atoms. The van der Waals surface area contributed by atoms with E-state index in [0.717, 1.165) is 36.1 Å². The van der Waals surface area contributed by atoms with E-state index in [0.29, 0.717) is 6.61 Å². The Kier molecular flexibility index (Phi) is 7.64. The number of nitrogens with two attached hydrogens (primary N) is 1. The van der Waals surface area contributed by atoms with E-state index < -0.39 is 0 Å². The Morgan fingerprint density at radius 3 is 2.33 bits per heavy atom. The molecule has 3 heteroatoms. The molecule has 3 aromatic rings. The molecule has 0 aliphatic rings. The van der Waals surface area contributed by atoms with E-state index in [9.17, 15) is 4.39 Å². The van der Waals surface area contributed by atoms with Gasteiger partial charge in [0, 0.05) is 6.04 Å².